The average Bonchev–Trinajstić information content (AvgIpc) is 3.15. The summed E-state index contributed by atoms with van der Waals surface area (Å²) in [7, 11) is 0. The summed E-state index contributed by atoms with van der Waals surface area (Å²) in [5, 5.41) is 0. The van der Waals surface area contributed by atoms with Crippen molar-refractivity contribution < 1.29 is 28.5 Å². The van der Waals surface area contributed by atoms with E-state index in [9.17, 15) is 9.59 Å². The summed E-state index contributed by atoms with van der Waals surface area (Å²) in [5.41, 5.74) is 2.74. The van der Waals surface area contributed by atoms with Gasteiger partial charge in [-0.2, -0.15) is 0 Å². The van der Waals surface area contributed by atoms with Gasteiger partial charge in [0, 0.05) is 11.1 Å². The minimum Gasteiger partial charge on any atom is -0.493 e. The second-order valence-corrected chi connectivity index (χ2v) is 7.41. The molecule has 3 aromatic carbocycles. The zero-order valence-electron chi connectivity index (χ0n) is 18.5. The molecule has 0 aliphatic carbocycles. The smallest absolute Gasteiger partial charge is 0.344 e. The van der Waals surface area contributed by atoms with Crippen LogP contribution in [0.25, 0.3) is 6.08 Å². The Bertz CT molecular complexity index is 1200. The van der Waals surface area contributed by atoms with E-state index in [1.54, 1.807) is 25.1 Å². The van der Waals surface area contributed by atoms with Crippen molar-refractivity contribution in [3.05, 3.63) is 94.7 Å². The highest BCUT2D eigenvalue weighted by atomic mass is 16.6. The van der Waals surface area contributed by atoms with Gasteiger partial charge < -0.3 is 18.9 Å². The first-order valence-electron chi connectivity index (χ1n) is 10.7. The van der Waals surface area contributed by atoms with Crippen LogP contribution >= 0.6 is 0 Å². The SMILES string of the molecule is CCOc1ccccc1/C=C1\Oc2c(ccc(OCC(=O)OCc3ccccc3)c2C)C1=O. The molecule has 0 fully saturated rings. The van der Waals surface area contributed by atoms with E-state index in [-0.39, 0.29) is 24.8 Å². The van der Waals surface area contributed by atoms with E-state index in [1.807, 2.05) is 61.5 Å². The van der Waals surface area contributed by atoms with Crippen molar-refractivity contribution in [2.45, 2.75) is 20.5 Å². The molecule has 0 atom stereocenters. The third kappa shape index (κ3) is 5.06. The number of esters is 1. The fraction of sp³-hybridized carbons (Fsp3) is 0.185. The second kappa shape index (κ2) is 10.0. The fourth-order valence-corrected chi connectivity index (χ4v) is 3.47. The predicted molar refractivity (Wildman–Crippen MR) is 123 cm³/mol. The number of Topliss-reactive ketones (excluding diaryl/α,β-unsaturated/α-hetero) is 1. The van der Waals surface area contributed by atoms with Gasteiger partial charge in [0.25, 0.3) is 0 Å². The molecule has 4 rings (SSSR count). The van der Waals surface area contributed by atoms with E-state index in [0.29, 0.717) is 35.0 Å². The van der Waals surface area contributed by atoms with Crippen molar-refractivity contribution in [1.29, 1.82) is 0 Å². The average molecular weight is 444 g/mol. The maximum Gasteiger partial charge on any atom is 0.344 e. The van der Waals surface area contributed by atoms with Gasteiger partial charge >= 0.3 is 5.97 Å². The van der Waals surface area contributed by atoms with Crippen molar-refractivity contribution in [1.82, 2.24) is 0 Å². The van der Waals surface area contributed by atoms with E-state index in [2.05, 4.69) is 0 Å². The Kier molecular flexibility index (Phi) is 6.74. The number of benzene rings is 3. The van der Waals surface area contributed by atoms with Crippen LogP contribution in [0.1, 0.15) is 34.0 Å². The van der Waals surface area contributed by atoms with Gasteiger partial charge in [-0.15, -0.1) is 0 Å². The van der Waals surface area contributed by atoms with Crippen molar-refractivity contribution in [3.63, 3.8) is 0 Å². The topological polar surface area (TPSA) is 71.1 Å². The van der Waals surface area contributed by atoms with Crippen molar-refractivity contribution in [3.8, 4) is 17.2 Å². The summed E-state index contributed by atoms with van der Waals surface area (Å²) in [4.78, 5) is 24.9. The van der Waals surface area contributed by atoms with Crippen LogP contribution in [0, 0.1) is 6.92 Å². The zero-order valence-corrected chi connectivity index (χ0v) is 18.5. The number of carbonyl (C=O) groups excluding carboxylic acids is 2. The first-order valence-corrected chi connectivity index (χ1v) is 10.7. The van der Waals surface area contributed by atoms with E-state index in [0.717, 1.165) is 11.1 Å². The maximum absolute atomic E-state index is 12.9. The number of fused-ring (bicyclic) bond motifs is 1. The van der Waals surface area contributed by atoms with Crippen LogP contribution in [0.3, 0.4) is 0 Å². The molecule has 0 amide bonds. The maximum atomic E-state index is 12.9. The molecule has 6 nitrogen and oxygen atoms in total. The highest BCUT2D eigenvalue weighted by Crippen LogP contribution is 2.39. The standard InChI is InChI=1S/C27H24O6/c1-3-30-23-12-8-7-11-20(23)15-24-26(29)21-13-14-22(18(2)27(21)33-24)31-17-25(28)32-16-19-9-5-4-6-10-19/h4-15H,3,16-17H2,1-2H3/b24-15-. The molecule has 0 N–H and O–H groups in total. The van der Waals surface area contributed by atoms with Gasteiger partial charge in [-0.3, -0.25) is 4.79 Å². The van der Waals surface area contributed by atoms with Crippen LogP contribution in [-0.2, 0) is 16.1 Å². The van der Waals surface area contributed by atoms with Crippen molar-refractivity contribution in [2.75, 3.05) is 13.2 Å². The summed E-state index contributed by atoms with van der Waals surface area (Å²) < 4.78 is 22.4. The highest BCUT2D eigenvalue weighted by Gasteiger charge is 2.30. The van der Waals surface area contributed by atoms with Gasteiger partial charge in [-0.05, 0) is 43.7 Å². The second-order valence-electron chi connectivity index (χ2n) is 7.41. The minimum absolute atomic E-state index is 0.182. The summed E-state index contributed by atoms with van der Waals surface area (Å²) >= 11 is 0. The molecule has 168 valence electrons. The van der Waals surface area contributed by atoms with Gasteiger partial charge in [0.2, 0.25) is 5.78 Å². The highest BCUT2D eigenvalue weighted by molar-refractivity contribution is 6.15. The van der Waals surface area contributed by atoms with Crippen LogP contribution < -0.4 is 14.2 Å². The molecule has 0 unspecified atom stereocenters. The van der Waals surface area contributed by atoms with Gasteiger partial charge in [0.1, 0.15) is 23.9 Å². The summed E-state index contributed by atoms with van der Waals surface area (Å²) in [6, 6.07) is 20.2. The minimum atomic E-state index is -0.483. The summed E-state index contributed by atoms with van der Waals surface area (Å²) in [5.74, 6) is 1.07. The molecular weight excluding hydrogens is 420 g/mol. The molecule has 6 heteroatoms. The van der Waals surface area contributed by atoms with Gasteiger partial charge in [-0.1, -0.05) is 48.5 Å². The predicted octanol–water partition coefficient (Wildman–Crippen LogP) is 5.13. The summed E-state index contributed by atoms with van der Waals surface area (Å²) in [6.07, 6.45) is 1.67. The normalized spacial score (nSPS) is 13.4. The molecule has 1 heterocycles. The molecule has 0 aromatic heterocycles. The zero-order chi connectivity index (χ0) is 23.2. The number of para-hydroxylation sites is 1. The van der Waals surface area contributed by atoms with Crippen LogP contribution in [0.2, 0.25) is 0 Å². The lowest BCUT2D eigenvalue weighted by Crippen LogP contribution is -2.15. The van der Waals surface area contributed by atoms with Crippen LogP contribution in [0.5, 0.6) is 17.2 Å². The number of carbonyl (C=O) groups is 2. The lowest BCUT2D eigenvalue weighted by molar-refractivity contribution is -0.147. The third-order valence-electron chi connectivity index (χ3n) is 5.13. The molecule has 1 aliphatic heterocycles. The molecule has 0 bridgehead atoms. The van der Waals surface area contributed by atoms with Crippen LogP contribution in [0.4, 0.5) is 0 Å². The van der Waals surface area contributed by atoms with E-state index in [1.165, 1.54) is 0 Å². The number of ether oxygens (including phenoxy) is 4. The molecule has 0 radical (unpaired) electrons. The Labute approximate surface area is 192 Å². The Morgan fingerprint density at radius 2 is 1.70 bits per heavy atom. The molecule has 33 heavy (non-hydrogen) atoms. The van der Waals surface area contributed by atoms with E-state index in [4.69, 9.17) is 18.9 Å². The van der Waals surface area contributed by atoms with Gasteiger partial charge in [0.05, 0.1) is 12.2 Å². The molecular formula is C27H24O6. The number of rotatable bonds is 8. The van der Waals surface area contributed by atoms with Crippen LogP contribution in [-0.4, -0.2) is 25.0 Å². The quantitative estimate of drug-likeness (QED) is 0.354. The molecule has 3 aromatic rings. The van der Waals surface area contributed by atoms with E-state index >= 15 is 0 Å². The first kappa shape index (κ1) is 22.1. The Hall–Kier alpha value is -4.06. The van der Waals surface area contributed by atoms with E-state index < -0.39 is 5.97 Å². The third-order valence-corrected chi connectivity index (χ3v) is 5.13. The number of hydrogen-bond acceptors (Lipinski definition) is 6. The van der Waals surface area contributed by atoms with Gasteiger partial charge in [-0.25, -0.2) is 4.79 Å². The van der Waals surface area contributed by atoms with Gasteiger partial charge in [0.15, 0.2) is 12.4 Å². The van der Waals surface area contributed by atoms with Crippen LogP contribution in [0.15, 0.2) is 72.5 Å². The van der Waals surface area contributed by atoms with Crippen molar-refractivity contribution in [2.24, 2.45) is 0 Å². The monoisotopic (exact) mass is 444 g/mol. The van der Waals surface area contributed by atoms with Crippen molar-refractivity contribution >= 4 is 17.8 Å². The Morgan fingerprint density at radius 3 is 2.48 bits per heavy atom. The first-order chi connectivity index (χ1) is 16.1. The lowest BCUT2D eigenvalue weighted by atomic mass is 10.1. The molecule has 0 saturated heterocycles. The molecule has 0 spiro atoms. The lowest BCUT2D eigenvalue weighted by Gasteiger charge is -2.11. The molecule has 0 saturated carbocycles. The number of allylic oxidation sites excluding steroid dienone is 1. The Balaban J connectivity index is 1.44. The number of hydrogen-bond donors (Lipinski definition) is 0. The summed E-state index contributed by atoms with van der Waals surface area (Å²) in [6.45, 7) is 4.14. The number of ketones is 1. The molecule has 1 aliphatic rings. The Morgan fingerprint density at radius 1 is 0.939 bits per heavy atom. The largest absolute Gasteiger partial charge is 0.493 e. The fourth-order valence-electron chi connectivity index (χ4n) is 3.47.